The number of nitrogens with one attached hydrogen (secondary N) is 1. The fourth-order valence-electron chi connectivity index (χ4n) is 2.69. The van der Waals surface area contributed by atoms with Crippen LogP contribution in [0.3, 0.4) is 0 Å². The summed E-state index contributed by atoms with van der Waals surface area (Å²) in [7, 11) is 0. The molecule has 0 aliphatic carbocycles. The molecule has 1 aliphatic heterocycles. The zero-order valence-corrected chi connectivity index (χ0v) is 12.7. The Morgan fingerprint density at radius 3 is 3.11 bits per heavy atom. The van der Waals surface area contributed by atoms with Gasteiger partial charge in [-0.15, -0.1) is 0 Å². The first-order valence-electron chi connectivity index (χ1n) is 6.76. The van der Waals surface area contributed by atoms with E-state index in [1.807, 2.05) is 12.3 Å². The second-order valence-corrected chi connectivity index (χ2v) is 6.05. The van der Waals surface area contributed by atoms with Crippen LogP contribution in [0, 0.1) is 6.92 Å². The standard InChI is InChI=1S/C15H18BrN3/c1-11-15(12-4-2-5-13(16)8-12)9-18-19(11)10-14-6-3-7-17-14/h2,4-5,8-9,14,17H,3,6-7,10H2,1H3. The number of hydrogen-bond acceptors (Lipinski definition) is 2. The minimum Gasteiger partial charge on any atom is -0.312 e. The molecule has 0 radical (unpaired) electrons. The van der Waals surface area contributed by atoms with E-state index in [9.17, 15) is 0 Å². The van der Waals surface area contributed by atoms with Gasteiger partial charge >= 0.3 is 0 Å². The molecule has 1 aromatic carbocycles. The topological polar surface area (TPSA) is 29.9 Å². The van der Waals surface area contributed by atoms with Crippen molar-refractivity contribution in [3.05, 3.63) is 40.6 Å². The zero-order valence-electron chi connectivity index (χ0n) is 11.1. The van der Waals surface area contributed by atoms with Crippen LogP contribution < -0.4 is 5.32 Å². The van der Waals surface area contributed by atoms with Gasteiger partial charge in [0.1, 0.15) is 0 Å². The van der Waals surface area contributed by atoms with Gasteiger partial charge in [0.2, 0.25) is 0 Å². The van der Waals surface area contributed by atoms with Crippen LogP contribution in [0.15, 0.2) is 34.9 Å². The largest absolute Gasteiger partial charge is 0.312 e. The summed E-state index contributed by atoms with van der Waals surface area (Å²) in [5, 5.41) is 8.07. The molecule has 1 atom stereocenters. The summed E-state index contributed by atoms with van der Waals surface area (Å²) in [4.78, 5) is 0. The molecule has 1 aromatic heterocycles. The molecule has 2 heterocycles. The highest BCUT2D eigenvalue weighted by atomic mass is 79.9. The van der Waals surface area contributed by atoms with E-state index < -0.39 is 0 Å². The first-order chi connectivity index (χ1) is 9.24. The molecular formula is C15H18BrN3. The van der Waals surface area contributed by atoms with Crippen LogP contribution in [0.4, 0.5) is 0 Å². The van der Waals surface area contributed by atoms with Gasteiger partial charge in [-0.1, -0.05) is 28.1 Å². The number of aromatic nitrogens is 2. The Hall–Kier alpha value is -1.13. The zero-order chi connectivity index (χ0) is 13.2. The van der Waals surface area contributed by atoms with Crippen molar-refractivity contribution in [1.82, 2.24) is 15.1 Å². The highest BCUT2D eigenvalue weighted by Crippen LogP contribution is 2.26. The van der Waals surface area contributed by atoms with Gasteiger partial charge in [-0.3, -0.25) is 4.68 Å². The second-order valence-electron chi connectivity index (χ2n) is 5.13. The number of benzene rings is 1. The van der Waals surface area contributed by atoms with Gasteiger partial charge in [0.25, 0.3) is 0 Å². The predicted octanol–water partition coefficient (Wildman–Crippen LogP) is 3.37. The third-order valence-electron chi connectivity index (χ3n) is 3.79. The molecule has 19 heavy (non-hydrogen) atoms. The van der Waals surface area contributed by atoms with Crippen molar-refractivity contribution in [3.63, 3.8) is 0 Å². The van der Waals surface area contributed by atoms with Gasteiger partial charge in [0.05, 0.1) is 12.7 Å². The predicted molar refractivity (Wildman–Crippen MR) is 81.1 cm³/mol. The van der Waals surface area contributed by atoms with E-state index in [1.165, 1.54) is 29.7 Å². The Morgan fingerprint density at radius 1 is 1.47 bits per heavy atom. The maximum atomic E-state index is 4.55. The average molecular weight is 320 g/mol. The van der Waals surface area contributed by atoms with Crippen molar-refractivity contribution in [3.8, 4) is 11.1 Å². The molecule has 4 heteroatoms. The van der Waals surface area contributed by atoms with Crippen LogP contribution in [0.1, 0.15) is 18.5 Å². The van der Waals surface area contributed by atoms with Crippen LogP contribution in [0.5, 0.6) is 0 Å². The number of rotatable bonds is 3. The molecule has 1 fully saturated rings. The van der Waals surface area contributed by atoms with Crippen molar-refractivity contribution in [2.75, 3.05) is 6.54 Å². The molecule has 1 aliphatic rings. The lowest BCUT2D eigenvalue weighted by Crippen LogP contribution is -2.27. The van der Waals surface area contributed by atoms with Crippen LogP contribution in [-0.2, 0) is 6.54 Å². The maximum absolute atomic E-state index is 4.55. The fourth-order valence-corrected chi connectivity index (χ4v) is 3.09. The molecule has 1 saturated heterocycles. The quantitative estimate of drug-likeness (QED) is 0.940. The van der Waals surface area contributed by atoms with Gasteiger partial charge in [-0.2, -0.15) is 5.10 Å². The third kappa shape index (κ3) is 2.74. The first kappa shape index (κ1) is 12.9. The van der Waals surface area contributed by atoms with Crippen molar-refractivity contribution < 1.29 is 0 Å². The molecule has 0 bridgehead atoms. The molecule has 3 nitrogen and oxygen atoms in total. The summed E-state index contributed by atoms with van der Waals surface area (Å²) < 4.78 is 3.23. The van der Waals surface area contributed by atoms with Crippen LogP contribution in [0.25, 0.3) is 11.1 Å². The summed E-state index contributed by atoms with van der Waals surface area (Å²) in [5.41, 5.74) is 3.68. The smallest absolute Gasteiger partial charge is 0.0571 e. The van der Waals surface area contributed by atoms with E-state index in [0.717, 1.165) is 17.6 Å². The molecule has 0 amide bonds. The Kier molecular flexibility index (Phi) is 3.71. The number of hydrogen-bond donors (Lipinski definition) is 1. The van der Waals surface area contributed by atoms with Gasteiger partial charge < -0.3 is 5.32 Å². The number of halogens is 1. The van der Waals surface area contributed by atoms with Gasteiger partial charge in [-0.05, 0) is 44.0 Å². The molecule has 0 saturated carbocycles. The lowest BCUT2D eigenvalue weighted by Gasteiger charge is -2.12. The summed E-state index contributed by atoms with van der Waals surface area (Å²) >= 11 is 3.52. The van der Waals surface area contributed by atoms with Crippen molar-refractivity contribution in [2.24, 2.45) is 0 Å². The second kappa shape index (κ2) is 5.47. The molecule has 2 aromatic rings. The Morgan fingerprint density at radius 2 is 2.37 bits per heavy atom. The van der Waals surface area contributed by atoms with Crippen molar-refractivity contribution in [2.45, 2.75) is 32.4 Å². The third-order valence-corrected chi connectivity index (χ3v) is 4.29. The van der Waals surface area contributed by atoms with Crippen LogP contribution in [0.2, 0.25) is 0 Å². The highest BCUT2D eigenvalue weighted by Gasteiger charge is 2.17. The molecule has 1 unspecified atom stereocenters. The number of nitrogens with zero attached hydrogens (tertiary/aromatic N) is 2. The molecular weight excluding hydrogens is 302 g/mol. The highest BCUT2D eigenvalue weighted by molar-refractivity contribution is 9.10. The molecule has 3 rings (SSSR count). The van der Waals surface area contributed by atoms with E-state index in [4.69, 9.17) is 0 Å². The summed E-state index contributed by atoms with van der Waals surface area (Å²) in [5.74, 6) is 0. The van der Waals surface area contributed by atoms with Crippen molar-refractivity contribution in [1.29, 1.82) is 0 Å². The SMILES string of the molecule is Cc1c(-c2cccc(Br)c2)cnn1CC1CCCN1. The molecule has 100 valence electrons. The Balaban J connectivity index is 1.85. The van der Waals surface area contributed by atoms with E-state index in [-0.39, 0.29) is 0 Å². The molecule has 0 spiro atoms. The van der Waals surface area contributed by atoms with Crippen molar-refractivity contribution >= 4 is 15.9 Å². The monoisotopic (exact) mass is 319 g/mol. The van der Waals surface area contributed by atoms with E-state index >= 15 is 0 Å². The minimum atomic E-state index is 0.578. The lowest BCUT2D eigenvalue weighted by molar-refractivity contribution is 0.469. The van der Waals surface area contributed by atoms with Gasteiger partial charge in [-0.25, -0.2) is 0 Å². The van der Waals surface area contributed by atoms with Gasteiger partial charge in [0.15, 0.2) is 0 Å². The Labute approximate surface area is 122 Å². The van der Waals surface area contributed by atoms with Gasteiger partial charge in [0, 0.05) is 21.8 Å². The maximum Gasteiger partial charge on any atom is 0.0571 e. The lowest BCUT2D eigenvalue weighted by atomic mass is 10.1. The fraction of sp³-hybridized carbons (Fsp3) is 0.400. The normalized spacial score (nSPS) is 18.9. The average Bonchev–Trinajstić information content (AvgIpc) is 3.01. The van der Waals surface area contributed by atoms with Crippen LogP contribution >= 0.6 is 15.9 Å². The first-order valence-corrected chi connectivity index (χ1v) is 7.55. The molecule has 1 N–H and O–H groups in total. The summed E-state index contributed by atoms with van der Waals surface area (Å²) in [6, 6.07) is 8.96. The Bertz CT molecular complexity index is 571. The van der Waals surface area contributed by atoms with E-state index in [1.54, 1.807) is 0 Å². The van der Waals surface area contributed by atoms with E-state index in [0.29, 0.717) is 6.04 Å². The van der Waals surface area contributed by atoms with E-state index in [2.05, 4.69) is 56.2 Å². The summed E-state index contributed by atoms with van der Waals surface area (Å²) in [6.45, 7) is 4.27. The summed E-state index contributed by atoms with van der Waals surface area (Å²) in [6.07, 6.45) is 4.51. The van der Waals surface area contributed by atoms with Crippen LogP contribution in [-0.4, -0.2) is 22.4 Å². The minimum absolute atomic E-state index is 0.578.